The third-order valence-electron chi connectivity index (χ3n) is 5.00. The molecule has 152 valence electrons. The highest BCUT2D eigenvalue weighted by molar-refractivity contribution is 7.89. The summed E-state index contributed by atoms with van der Waals surface area (Å²) in [6, 6.07) is 6.25. The fourth-order valence-corrected chi connectivity index (χ4v) is 4.59. The molecule has 1 aliphatic rings. The van der Waals surface area contributed by atoms with E-state index in [4.69, 9.17) is 0 Å². The number of carboxylic acids is 1. The van der Waals surface area contributed by atoms with Crippen molar-refractivity contribution in [2.24, 2.45) is 0 Å². The standard InChI is InChI=1S/C19H21N5O4S/c1-2-3-10-21-29(27,28)13-6-4-12(5-7-13)24-18-14(17(23-24)19(25)26)8-9-16-15(18)11-20-22-16/h4-7,11,21H,2-3,8-10H2,1H3,(H,20,22)(H,25,26). The number of unbranched alkanes of at least 4 members (excludes halogenated alkanes) is 1. The molecule has 3 aromatic rings. The summed E-state index contributed by atoms with van der Waals surface area (Å²) in [7, 11) is -3.59. The minimum Gasteiger partial charge on any atom is -0.476 e. The first-order valence-electron chi connectivity index (χ1n) is 9.40. The van der Waals surface area contributed by atoms with Gasteiger partial charge in [-0.15, -0.1) is 0 Å². The second-order valence-electron chi connectivity index (χ2n) is 6.90. The highest BCUT2D eigenvalue weighted by atomic mass is 32.2. The molecule has 0 saturated carbocycles. The molecular weight excluding hydrogens is 394 g/mol. The van der Waals surface area contributed by atoms with Crippen LogP contribution in [0.2, 0.25) is 0 Å². The van der Waals surface area contributed by atoms with Crippen molar-refractivity contribution >= 4 is 16.0 Å². The van der Waals surface area contributed by atoms with E-state index in [0.29, 0.717) is 36.3 Å². The zero-order valence-corrected chi connectivity index (χ0v) is 16.7. The van der Waals surface area contributed by atoms with Crippen LogP contribution in [0.5, 0.6) is 0 Å². The van der Waals surface area contributed by atoms with E-state index < -0.39 is 16.0 Å². The zero-order chi connectivity index (χ0) is 20.6. The number of nitrogens with one attached hydrogen (secondary N) is 2. The summed E-state index contributed by atoms with van der Waals surface area (Å²) in [5.41, 5.74) is 3.65. The van der Waals surface area contributed by atoms with Crippen molar-refractivity contribution < 1.29 is 18.3 Å². The molecule has 2 aromatic heterocycles. The summed E-state index contributed by atoms with van der Waals surface area (Å²) in [5, 5.41) is 20.9. The quantitative estimate of drug-likeness (QED) is 0.507. The Morgan fingerprint density at radius 3 is 2.72 bits per heavy atom. The van der Waals surface area contributed by atoms with Crippen LogP contribution in [0.1, 0.15) is 41.5 Å². The number of nitrogens with zero attached hydrogens (tertiary/aromatic N) is 3. The van der Waals surface area contributed by atoms with Crippen LogP contribution < -0.4 is 4.72 Å². The Labute approximate surface area is 167 Å². The van der Waals surface area contributed by atoms with Gasteiger partial charge in [0.15, 0.2) is 5.69 Å². The van der Waals surface area contributed by atoms with Gasteiger partial charge in [0, 0.05) is 23.4 Å². The van der Waals surface area contributed by atoms with Crippen molar-refractivity contribution in [3.8, 4) is 16.9 Å². The molecule has 0 unspecified atom stereocenters. The molecule has 0 aliphatic heterocycles. The Morgan fingerprint density at radius 2 is 2.03 bits per heavy atom. The lowest BCUT2D eigenvalue weighted by atomic mass is 9.94. The number of aryl methyl sites for hydroxylation is 1. The summed E-state index contributed by atoms with van der Waals surface area (Å²) >= 11 is 0. The van der Waals surface area contributed by atoms with Gasteiger partial charge >= 0.3 is 5.97 Å². The fraction of sp³-hybridized carbons (Fsp3) is 0.316. The topological polar surface area (TPSA) is 130 Å². The monoisotopic (exact) mass is 415 g/mol. The summed E-state index contributed by atoms with van der Waals surface area (Å²) in [6.07, 6.45) is 4.53. The number of aromatic carboxylic acids is 1. The van der Waals surface area contributed by atoms with Gasteiger partial charge in [-0.05, 0) is 43.5 Å². The minimum absolute atomic E-state index is 0.00443. The largest absolute Gasteiger partial charge is 0.476 e. The molecule has 10 heteroatoms. The molecule has 1 aliphatic carbocycles. The summed E-state index contributed by atoms with van der Waals surface area (Å²) in [4.78, 5) is 11.8. The molecule has 0 saturated heterocycles. The molecule has 0 bridgehead atoms. The van der Waals surface area contributed by atoms with E-state index in [2.05, 4.69) is 20.0 Å². The number of rotatable bonds is 7. The number of H-pyrrole nitrogens is 1. The minimum atomic E-state index is -3.59. The smallest absolute Gasteiger partial charge is 0.356 e. The van der Waals surface area contributed by atoms with Crippen molar-refractivity contribution in [2.75, 3.05) is 6.54 Å². The molecular formula is C19H21N5O4S. The van der Waals surface area contributed by atoms with Crippen molar-refractivity contribution in [1.82, 2.24) is 24.7 Å². The van der Waals surface area contributed by atoms with Crippen LogP contribution in [0.25, 0.3) is 16.9 Å². The molecule has 1 aromatic carbocycles. The van der Waals surface area contributed by atoms with Gasteiger partial charge in [-0.2, -0.15) is 10.2 Å². The summed E-state index contributed by atoms with van der Waals surface area (Å²) in [5.74, 6) is -1.09. The number of fused-ring (bicyclic) bond motifs is 3. The van der Waals surface area contributed by atoms with E-state index in [-0.39, 0.29) is 10.6 Å². The van der Waals surface area contributed by atoms with Crippen molar-refractivity contribution in [3.05, 3.63) is 47.4 Å². The summed E-state index contributed by atoms with van der Waals surface area (Å²) in [6.45, 7) is 2.38. The van der Waals surface area contributed by atoms with Crippen LogP contribution in [-0.4, -0.2) is 46.0 Å². The lowest BCUT2D eigenvalue weighted by Gasteiger charge is -2.14. The Bertz CT molecular complexity index is 1160. The number of aromatic amines is 1. The van der Waals surface area contributed by atoms with E-state index in [9.17, 15) is 18.3 Å². The van der Waals surface area contributed by atoms with Gasteiger partial charge in [0.25, 0.3) is 0 Å². The van der Waals surface area contributed by atoms with E-state index in [0.717, 1.165) is 24.1 Å². The first-order valence-corrected chi connectivity index (χ1v) is 10.9. The first-order chi connectivity index (χ1) is 13.9. The number of sulfonamides is 1. The maximum atomic E-state index is 12.4. The van der Waals surface area contributed by atoms with Crippen molar-refractivity contribution in [3.63, 3.8) is 0 Å². The van der Waals surface area contributed by atoms with Gasteiger partial charge in [-0.1, -0.05) is 13.3 Å². The Hall–Kier alpha value is -2.98. The highest BCUT2D eigenvalue weighted by Gasteiger charge is 2.29. The summed E-state index contributed by atoms with van der Waals surface area (Å²) < 4.78 is 28.9. The van der Waals surface area contributed by atoms with Gasteiger partial charge < -0.3 is 5.11 Å². The Kier molecular flexibility index (Phi) is 4.97. The first kappa shape index (κ1) is 19.3. The predicted molar refractivity (Wildman–Crippen MR) is 106 cm³/mol. The lowest BCUT2D eigenvalue weighted by Crippen LogP contribution is -2.24. The molecule has 0 amide bonds. The predicted octanol–water partition coefficient (Wildman–Crippen LogP) is 2.14. The Morgan fingerprint density at radius 1 is 1.28 bits per heavy atom. The molecule has 0 radical (unpaired) electrons. The van der Waals surface area contributed by atoms with Crippen LogP contribution in [0.4, 0.5) is 0 Å². The number of carbonyl (C=O) groups is 1. The van der Waals surface area contributed by atoms with Crippen molar-refractivity contribution in [2.45, 2.75) is 37.5 Å². The molecule has 4 rings (SSSR count). The van der Waals surface area contributed by atoms with Gasteiger partial charge in [0.2, 0.25) is 10.0 Å². The average molecular weight is 415 g/mol. The van der Waals surface area contributed by atoms with Crippen LogP contribution >= 0.6 is 0 Å². The Balaban J connectivity index is 1.74. The zero-order valence-electron chi connectivity index (χ0n) is 15.8. The number of hydrogen-bond donors (Lipinski definition) is 3. The number of aromatic nitrogens is 4. The number of hydrogen-bond acceptors (Lipinski definition) is 5. The van der Waals surface area contributed by atoms with E-state index >= 15 is 0 Å². The maximum absolute atomic E-state index is 12.4. The number of benzene rings is 1. The second kappa shape index (κ2) is 7.45. The third kappa shape index (κ3) is 3.45. The molecule has 29 heavy (non-hydrogen) atoms. The molecule has 0 atom stereocenters. The molecule has 2 heterocycles. The van der Waals surface area contributed by atoms with Gasteiger partial charge in [-0.25, -0.2) is 22.6 Å². The SMILES string of the molecule is CCCCNS(=O)(=O)c1ccc(-n2nc(C(=O)O)c3c2-c2cn[nH]c2CC3)cc1. The van der Waals surface area contributed by atoms with E-state index in [1.54, 1.807) is 23.0 Å². The van der Waals surface area contributed by atoms with E-state index in [1.807, 2.05) is 6.92 Å². The van der Waals surface area contributed by atoms with E-state index in [1.165, 1.54) is 12.1 Å². The molecule has 3 N–H and O–H groups in total. The average Bonchev–Trinajstić information content (AvgIpc) is 3.32. The van der Waals surface area contributed by atoms with Crippen LogP contribution in [0.3, 0.4) is 0 Å². The van der Waals surface area contributed by atoms with Gasteiger partial charge in [0.05, 0.1) is 22.5 Å². The second-order valence-corrected chi connectivity index (χ2v) is 8.67. The van der Waals surface area contributed by atoms with Crippen LogP contribution in [0.15, 0.2) is 35.4 Å². The van der Waals surface area contributed by atoms with Crippen molar-refractivity contribution in [1.29, 1.82) is 0 Å². The highest BCUT2D eigenvalue weighted by Crippen LogP contribution is 2.36. The molecule has 0 fully saturated rings. The normalized spacial score (nSPS) is 13.1. The van der Waals surface area contributed by atoms with Crippen LogP contribution in [0, 0.1) is 0 Å². The fourth-order valence-electron chi connectivity index (χ4n) is 3.51. The maximum Gasteiger partial charge on any atom is 0.356 e. The van der Waals surface area contributed by atoms with Crippen LogP contribution in [-0.2, 0) is 22.9 Å². The van der Waals surface area contributed by atoms with Gasteiger partial charge in [0.1, 0.15) is 0 Å². The third-order valence-corrected chi connectivity index (χ3v) is 6.48. The number of carboxylic acid groups (broad SMARTS) is 1. The molecule has 0 spiro atoms. The van der Waals surface area contributed by atoms with Gasteiger partial charge in [-0.3, -0.25) is 5.10 Å². The lowest BCUT2D eigenvalue weighted by molar-refractivity contribution is 0.0688. The molecule has 9 nitrogen and oxygen atoms in total.